The van der Waals surface area contributed by atoms with Crippen molar-refractivity contribution in [3.63, 3.8) is 0 Å². The number of rotatable bonds is 9. The summed E-state index contributed by atoms with van der Waals surface area (Å²) in [7, 11) is 0. The van der Waals surface area contributed by atoms with Gasteiger partial charge in [-0.3, -0.25) is 0 Å². The standard InChI is InChI=1S/C27H26N6O2/c1-3-33-22-13-9-8-12-21(22)25-26(33)29-27(32-30-25)31-28-17-20-14-15-23(24(16-20)34-4-2)35-18-19-10-6-5-7-11-19/h5-17H,3-4,18H2,1-2H3,(H,29,31,32)/b28-17+. The number of hydrogen-bond donors (Lipinski definition) is 1. The van der Waals surface area contributed by atoms with Gasteiger partial charge in [0, 0.05) is 11.9 Å². The van der Waals surface area contributed by atoms with E-state index in [4.69, 9.17) is 9.47 Å². The van der Waals surface area contributed by atoms with E-state index in [1.54, 1.807) is 6.21 Å². The molecular weight excluding hydrogens is 440 g/mol. The summed E-state index contributed by atoms with van der Waals surface area (Å²) >= 11 is 0. The molecule has 2 heterocycles. The lowest BCUT2D eigenvalue weighted by atomic mass is 10.2. The Kier molecular flexibility index (Phi) is 6.52. The number of hydrazone groups is 1. The van der Waals surface area contributed by atoms with Crippen molar-refractivity contribution in [3.8, 4) is 11.5 Å². The molecule has 0 aliphatic rings. The number of aromatic nitrogens is 4. The van der Waals surface area contributed by atoms with Crippen molar-refractivity contribution in [2.45, 2.75) is 27.0 Å². The Hall–Kier alpha value is -4.46. The second-order valence-electron chi connectivity index (χ2n) is 7.85. The second kappa shape index (κ2) is 10.2. The van der Waals surface area contributed by atoms with Crippen LogP contribution in [0.3, 0.4) is 0 Å². The van der Waals surface area contributed by atoms with Gasteiger partial charge in [-0.15, -0.1) is 10.2 Å². The van der Waals surface area contributed by atoms with E-state index < -0.39 is 0 Å². The summed E-state index contributed by atoms with van der Waals surface area (Å²) < 4.78 is 13.9. The highest BCUT2D eigenvalue weighted by Gasteiger charge is 2.13. The van der Waals surface area contributed by atoms with Crippen LogP contribution in [0.1, 0.15) is 25.0 Å². The number of aryl methyl sites for hydroxylation is 1. The first-order valence-electron chi connectivity index (χ1n) is 11.6. The van der Waals surface area contributed by atoms with Gasteiger partial charge in [0.05, 0.1) is 18.3 Å². The lowest BCUT2D eigenvalue weighted by Gasteiger charge is -2.12. The second-order valence-corrected chi connectivity index (χ2v) is 7.85. The zero-order valence-corrected chi connectivity index (χ0v) is 19.7. The number of fused-ring (bicyclic) bond motifs is 3. The third-order valence-corrected chi connectivity index (χ3v) is 5.57. The summed E-state index contributed by atoms with van der Waals surface area (Å²) in [6.45, 7) is 5.81. The molecule has 0 aliphatic heterocycles. The molecule has 3 aromatic carbocycles. The number of nitrogens with zero attached hydrogens (tertiary/aromatic N) is 5. The van der Waals surface area contributed by atoms with Gasteiger partial charge in [-0.05, 0) is 49.2 Å². The first-order chi connectivity index (χ1) is 17.3. The van der Waals surface area contributed by atoms with Crippen LogP contribution in [-0.4, -0.2) is 32.6 Å². The van der Waals surface area contributed by atoms with Gasteiger partial charge < -0.3 is 14.0 Å². The number of anilines is 1. The third kappa shape index (κ3) is 4.77. The molecule has 0 unspecified atom stereocenters. The summed E-state index contributed by atoms with van der Waals surface area (Å²) in [6.07, 6.45) is 1.69. The Labute approximate surface area is 203 Å². The van der Waals surface area contributed by atoms with Gasteiger partial charge in [0.2, 0.25) is 0 Å². The average Bonchev–Trinajstić information content (AvgIpc) is 3.22. The van der Waals surface area contributed by atoms with E-state index in [9.17, 15) is 0 Å². The monoisotopic (exact) mass is 466 g/mol. The molecule has 0 amide bonds. The molecule has 2 aromatic heterocycles. The zero-order valence-electron chi connectivity index (χ0n) is 19.7. The fraction of sp³-hybridized carbons (Fsp3) is 0.185. The highest BCUT2D eigenvalue weighted by atomic mass is 16.5. The molecule has 0 bridgehead atoms. The molecule has 0 aliphatic carbocycles. The lowest BCUT2D eigenvalue weighted by Crippen LogP contribution is -2.02. The molecule has 0 atom stereocenters. The highest BCUT2D eigenvalue weighted by molar-refractivity contribution is 6.04. The first kappa shape index (κ1) is 22.3. The van der Waals surface area contributed by atoms with Crippen molar-refractivity contribution in [1.82, 2.24) is 19.7 Å². The molecule has 0 fully saturated rings. The van der Waals surface area contributed by atoms with Crippen molar-refractivity contribution in [2.24, 2.45) is 5.10 Å². The predicted octanol–water partition coefficient (Wildman–Crippen LogP) is 5.42. The SMILES string of the molecule is CCOc1cc(/C=N/Nc2nnc3c4ccccc4n(CC)c3n2)ccc1OCc1ccccc1. The van der Waals surface area contributed by atoms with Crippen molar-refractivity contribution in [2.75, 3.05) is 12.0 Å². The normalized spacial score (nSPS) is 11.4. The van der Waals surface area contributed by atoms with Gasteiger partial charge in [0.1, 0.15) is 12.1 Å². The van der Waals surface area contributed by atoms with E-state index in [1.807, 2.05) is 73.7 Å². The molecule has 5 aromatic rings. The van der Waals surface area contributed by atoms with Crippen LogP contribution >= 0.6 is 0 Å². The molecular formula is C27H26N6O2. The fourth-order valence-electron chi connectivity index (χ4n) is 3.96. The maximum absolute atomic E-state index is 5.98. The third-order valence-electron chi connectivity index (χ3n) is 5.57. The molecule has 176 valence electrons. The summed E-state index contributed by atoms with van der Waals surface area (Å²) in [5, 5.41) is 13.9. The Bertz CT molecular complexity index is 1480. The summed E-state index contributed by atoms with van der Waals surface area (Å²) in [5.41, 5.74) is 7.49. The molecule has 8 heteroatoms. The minimum Gasteiger partial charge on any atom is -0.490 e. The maximum Gasteiger partial charge on any atom is 0.265 e. The van der Waals surface area contributed by atoms with Gasteiger partial charge in [-0.1, -0.05) is 48.5 Å². The summed E-state index contributed by atoms with van der Waals surface area (Å²) in [5.74, 6) is 1.68. The minimum absolute atomic E-state index is 0.333. The molecule has 0 spiro atoms. The Morgan fingerprint density at radius 2 is 1.74 bits per heavy atom. The van der Waals surface area contributed by atoms with E-state index in [1.165, 1.54) is 0 Å². The lowest BCUT2D eigenvalue weighted by molar-refractivity contribution is 0.269. The number of ether oxygens (including phenoxy) is 2. The van der Waals surface area contributed by atoms with Gasteiger partial charge in [-0.2, -0.15) is 10.1 Å². The smallest absolute Gasteiger partial charge is 0.265 e. The summed E-state index contributed by atoms with van der Waals surface area (Å²) in [4.78, 5) is 4.65. The highest BCUT2D eigenvalue weighted by Crippen LogP contribution is 2.29. The van der Waals surface area contributed by atoms with Crippen LogP contribution in [-0.2, 0) is 13.2 Å². The van der Waals surface area contributed by atoms with Crippen LogP contribution in [0.4, 0.5) is 5.95 Å². The van der Waals surface area contributed by atoms with Crippen molar-refractivity contribution in [1.29, 1.82) is 0 Å². The average molecular weight is 467 g/mol. The Morgan fingerprint density at radius 1 is 0.914 bits per heavy atom. The molecule has 1 N–H and O–H groups in total. The van der Waals surface area contributed by atoms with Gasteiger partial charge >= 0.3 is 0 Å². The van der Waals surface area contributed by atoms with Crippen LogP contribution < -0.4 is 14.9 Å². The van der Waals surface area contributed by atoms with Crippen LogP contribution in [0.5, 0.6) is 11.5 Å². The largest absolute Gasteiger partial charge is 0.490 e. The number of hydrogen-bond acceptors (Lipinski definition) is 7. The number of benzene rings is 3. The summed E-state index contributed by atoms with van der Waals surface area (Å²) in [6, 6.07) is 23.8. The van der Waals surface area contributed by atoms with E-state index in [2.05, 4.69) is 43.3 Å². The van der Waals surface area contributed by atoms with E-state index in [0.717, 1.165) is 39.7 Å². The number of nitrogens with one attached hydrogen (secondary N) is 1. The number of para-hydroxylation sites is 1. The van der Waals surface area contributed by atoms with Gasteiger partial charge in [-0.25, -0.2) is 5.43 Å². The molecule has 35 heavy (non-hydrogen) atoms. The Balaban J connectivity index is 1.33. The van der Waals surface area contributed by atoms with Crippen LogP contribution in [0.15, 0.2) is 77.9 Å². The molecule has 0 radical (unpaired) electrons. The first-order valence-corrected chi connectivity index (χ1v) is 11.6. The molecule has 8 nitrogen and oxygen atoms in total. The van der Waals surface area contributed by atoms with Gasteiger partial charge in [0.15, 0.2) is 17.1 Å². The fourth-order valence-corrected chi connectivity index (χ4v) is 3.96. The van der Waals surface area contributed by atoms with Crippen LogP contribution in [0, 0.1) is 0 Å². The Morgan fingerprint density at radius 3 is 2.57 bits per heavy atom. The van der Waals surface area contributed by atoms with Crippen molar-refractivity contribution >= 4 is 34.2 Å². The molecule has 0 saturated heterocycles. The molecule has 0 saturated carbocycles. The van der Waals surface area contributed by atoms with Crippen molar-refractivity contribution < 1.29 is 9.47 Å². The molecule has 5 rings (SSSR count). The van der Waals surface area contributed by atoms with E-state index in [0.29, 0.717) is 30.7 Å². The van der Waals surface area contributed by atoms with Crippen molar-refractivity contribution in [3.05, 3.63) is 83.9 Å². The predicted molar refractivity (Wildman–Crippen MR) is 138 cm³/mol. The topological polar surface area (TPSA) is 86.5 Å². The minimum atomic E-state index is 0.333. The quantitative estimate of drug-likeness (QED) is 0.230. The van der Waals surface area contributed by atoms with Crippen LogP contribution in [0.25, 0.3) is 22.1 Å². The van der Waals surface area contributed by atoms with Gasteiger partial charge in [0.25, 0.3) is 5.95 Å². The maximum atomic E-state index is 5.98. The van der Waals surface area contributed by atoms with Crippen LogP contribution in [0.2, 0.25) is 0 Å². The van der Waals surface area contributed by atoms with E-state index >= 15 is 0 Å². The van der Waals surface area contributed by atoms with E-state index in [-0.39, 0.29) is 0 Å². The zero-order chi connectivity index (χ0) is 24.0.